The maximum atomic E-state index is 12.5. The van der Waals surface area contributed by atoms with Crippen molar-refractivity contribution in [2.24, 2.45) is 5.92 Å². The molecule has 0 fully saturated rings. The van der Waals surface area contributed by atoms with Gasteiger partial charge in [0.05, 0.1) is 30.1 Å². The maximum Gasteiger partial charge on any atom is 0.343 e. The van der Waals surface area contributed by atoms with Gasteiger partial charge in [0.15, 0.2) is 0 Å². The molecule has 1 aliphatic rings. The first-order chi connectivity index (χ1) is 12.7. The molecule has 1 aromatic rings. The lowest BCUT2D eigenvalue weighted by atomic mass is 10.1. The highest BCUT2D eigenvalue weighted by Gasteiger charge is 2.26. The number of halogens is 1. The van der Waals surface area contributed by atoms with E-state index in [1.807, 2.05) is 13.8 Å². The summed E-state index contributed by atoms with van der Waals surface area (Å²) in [5.41, 5.74) is 0.979. The van der Waals surface area contributed by atoms with Crippen LogP contribution in [-0.2, 0) is 20.8 Å². The second kappa shape index (κ2) is 8.90. The molecule has 0 spiro atoms. The minimum Gasteiger partial charge on any atom is -0.463 e. The standard InChI is InChI=1S/C17H23ClN4O5/c1-5-26-15(23)11-6-19-17(25)20-12(11)8-27-16(24)13-10(4)21-22(14(13)18)7-9(2)3/h9H,5-8H2,1-4H3,(H2,19,20,25). The first-order valence-electron chi connectivity index (χ1n) is 8.58. The summed E-state index contributed by atoms with van der Waals surface area (Å²) in [5, 5.41) is 9.41. The van der Waals surface area contributed by atoms with Crippen LogP contribution in [0.5, 0.6) is 0 Å². The largest absolute Gasteiger partial charge is 0.463 e. The van der Waals surface area contributed by atoms with Gasteiger partial charge in [0.25, 0.3) is 0 Å². The summed E-state index contributed by atoms with van der Waals surface area (Å²) in [5.74, 6) is -0.973. The molecule has 9 nitrogen and oxygen atoms in total. The Kier molecular flexibility index (Phi) is 6.84. The van der Waals surface area contributed by atoms with E-state index in [2.05, 4.69) is 15.7 Å². The van der Waals surface area contributed by atoms with Crippen LogP contribution in [0.1, 0.15) is 36.8 Å². The van der Waals surface area contributed by atoms with E-state index in [0.29, 0.717) is 18.2 Å². The second-order valence-corrected chi connectivity index (χ2v) is 6.75. The summed E-state index contributed by atoms with van der Waals surface area (Å²) in [6.07, 6.45) is 0. The quantitative estimate of drug-likeness (QED) is 0.677. The third-order valence-corrected chi connectivity index (χ3v) is 4.12. The van der Waals surface area contributed by atoms with E-state index in [-0.39, 0.29) is 41.7 Å². The van der Waals surface area contributed by atoms with Crippen molar-refractivity contribution in [2.45, 2.75) is 34.2 Å². The summed E-state index contributed by atoms with van der Waals surface area (Å²) >= 11 is 6.27. The van der Waals surface area contributed by atoms with E-state index in [0.717, 1.165) is 0 Å². The highest BCUT2D eigenvalue weighted by atomic mass is 35.5. The van der Waals surface area contributed by atoms with Crippen LogP contribution < -0.4 is 10.6 Å². The minimum absolute atomic E-state index is 0.0103. The number of hydrogen-bond donors (Lipinski definition) is 2. The SMILES string of the molecule is CCOC(=O)C1=C(COC(=O)c2c(C)nn(CC(C)C)c2Cl)NC(=O)NC1. The average molecular weight is 399 g/mol. The number of ether oxygens (including phenoxy) is 2. The summed E-state index contributed by atoms with van der Waals surface area (Å²) in [6.45, 7) is 7.79. The Bertz CT molecular complexity index is 785. The molecule has 0 bridgehead atoms. The fourth-order valence-corrected chi connectivity index (χ4v) is 2.85. The monoisotopic (exact) mass is 398 g/mol. The number of amides is 2. The van der Waals surface area contributed by atoms with Crippen molar-refractivity contribution in [3.63, 3.8) is 0 Å². The molecule has 0 unspecified atom stereocenters. The van der Waals surface area contributed by atoms with E-state index in [4.69, 9.17) is 21.1 Å². The van der Waals surface area contributed by atoms with Crippen LogP contribution in [0.3, 0.4) is 0 Å². The van der Waals surface area contributed by atoms with Gasteiger partial charge < -0.3 is 20.1 Å². The lowest BCUT2D eigenvalue weighted by Gasteiger charge is -2.21. The number of urea groups is 1. The van der Waals surface area contributed by atoms with Gasteiger partial charge in [-0.25, -0.2) is 14.4 Å². The molecule has 0 aromatic carbocycles. The second-order valence-electron chi connectivity index (χ2n) is 6.39. The summed E-state index contributed by atoms with van der Waals surface area (Å²) in [6, 6.07) is -0.493. The third-order valence-electron chi connectivity index (χ3n) is 3.73. The van der Waals surface area contributed by atoms with Gasteiger partial charge in [-0.1, -0.05) is 25.4 Å². The van der Waals surface area contributed by atoms with Crippen LogP contribution in [0, 0.1) is 12.8 Å². The smallest absolute Gasteiger partial charge is 0.343 e. The molecule has 27 heavy (non-hydrogen) atoms. The van der Waals surface area contributed by atoms with E-state index in [1.165, 1.54) is 0 Å². The minimum atomic E-state index is -0.684. The number of hydrogen-bond acceptors (Lipinski definition) is 6. The zero-order valence-electron chi connectivity index (χ0n) is 15.7. The van der Waals surface area contributed by atoms with Crippen molar-refractivity contribution in [3.05, 3.63) is 27.7 Å². The third kappa shape index (κ3) is 5.00. The van der Waals surface area contributed by atoms with Gasteiger partial charge in [-0.2, -0.15) is 5.10 Å². The van der Waals surface area contributed by atoms with Crippen LogP contribution >= 0.6 is 11.6 Å². The number of nitrogens with one attached hydrogen (secondary N) is 2. The molecular formula is C17H23ClN4O5. The molecule has 0 aliphatic carbocycles. The van der Waals surface area contributed by atoms with Gasteiger partial charge in [-0.3, -0.25) is 4.68 Å². The number of nitrogens with zero attached hydrogens (tertiary/aromatic N) is 2. The van der Waals surface area contributed by atoms with Crippen molar-refractivity contribution in [1.29, 1.82) is 0 Å². The van der Waals surface area contributed by atoms with Gasteiger partial charge in [-0.05, 0) is 19.8 Å². The number of esters is 2. The van der Waals surface area contributed by atoms with Crippen LogP contribution in [-0.4, -0.2) is 47.5 Å². The molecule has 2 amide bonds. The Morgan fingerprint density at radius 2 is 2.00 bits per heavy atom. The Morgan fingerprint density at radius 3 is 2.63 bits per heavy atom. The Hall–Kier alpha value is -2.55. The molecule has 0 saturated carbocycles. The Morgan fingerprint density at radius 1 is 1.30 bits per heavy atom. The van der Waals surface area contributed by atoms with Crippen LogP contribution in [0.4, 0.5) is 4.79 Å². The zero-order chi connectivity index (χ0) is 20.1. The number of rotatable bonds is 7. The topological polar surface area (TPSA) is 112 Å². The van der Waals surface area contributed by atoms with Crippen LogP contribution in [0.15, 0.2) is 11.3 Å². The predicted molar refractivity (Wildman–Crippen MR) is 97.3 cm³/mol. The van der Waals surface area contributed by atoms with Crippen molar-refractivity contribution in [3.8, 4) is 0 Å². The Balaban J connectivity index is 2.17. The van der Waals surface area contributed by atoms with Crippen molar-refractivity contribution in [2.75, 3.05) is 19.8 Å². The van der Waals surface area contributed by atoms with Crippen LogP contribution in [0.2, 0.25) is 5.15 Å². The lowest BCUT2D eigenvalue weighted by molar-refractivity contribution is -0.138. The molecule has 1 aliphatic heterocycles. The average Bonchev–Trinajstić information content (AvgIpc) is 2.86. The van der Waals surface area contributed by atoms with E-state index in [9.17, 15) is 14.4 Å². The van der Waals surface area contributed by atoms with Crippen molar-refractivity contribution in [1.82, 2.24) is 20.4 Å². The van der Waals surface area contributed by atoms with Crippen LogP contribution in [0.25, 0.3) is 0 Å². The summed E-state index contributed by atoms with van der Waals surface area (Å²) < 4.78 is 11.8. The normalized spacial score (nSPS) is 14.1. The molecular weight excluding hydrogens is 376 g/mol. The molecule has 1 aromatic heterocycles. The van der Waals surface area contributed by atoms with Crippen molar-refractivity contribution < 1.29 is 23.9 Å². The highest BCUT2D eigenvalue weighted by Crippen LogP contribution is 2.22. The van der Waals surface area contributed by atoms with Gasteiger partial charge in [0.1, 0.15) is 17.3 Å². The fourth-order valence-electron chi connectivity index (χ4n) is 2.53. The summed E-state index contributed by atoms with van der Waals surface area (Å²) in [4.78, 5) is 36.0. The molecule has 10 heteroatoms. The first kappa shape index (κ1) is 20.8. The molecule has 148 valence electrons. The maximum absolute atomic E-state index is 12.5. The number of aryl methyl sites for hydroxylation is 1. The highest BCUT2D eigenvalue weighted by molar-refractivity contribution is 6.32. The Labute approximate surface area is 162 Å². The fraction of sp³-hybridized carbons (Fsp3) is 0.529. The summed E-state index contributed by atoms with van der Waals surface area (Å²) in [7, 11) is 0. The molecule has 2 N–H and O–H groups in total. The van der Waals surface area contributed by atoms with Gasteiger partial charge in [0.2, 0.25) is 0 Å². The molecule has 0 atom stereocenters. The number of aromatic nitrogens is 2. The number of carbonyl (C=O) groups is 3. The zero-order valence-corrected chi connectivity index (χ0v) is 16.5. The van der Waals surface area contributed by atoms with E-state index in [1.54, 1.807) is 18.5 Å². The number of carbonyl (C=O) groups excluding carboxylic acids is 3. The molecule has 2 heterocycles. The van der Waals surface area contributed by atoms with E-state index < -0.39 is 18.0 Å². The van der Waals surface area contributed by atoms with Gasteiger partial charge in [-0.15, -0.1) is 0 Å². The first-order valence-corrected chi connectivity index (χ1v) is 8.96. The molecule has 0 radical (unpaired) electrons. The predicted octanol–water partition coefficient (Wildman–Crippen LogP) is 1.79. The molecule has 0 saturated heterocycles. The van der Waals surface area contributed by atoms with Gasteiger partial charge in [0, 0.05) is 6.54 Å². The molecule has 2 rings (SSSR count). The van der Waals surface area contributed by atoms with Gasteiger partial charge >= 0.3 is 18.0 Å². The van der Waals surface area contributed by atoms with E-state index >= 15 is 0 Å². The lowest BCUT2D eigenvalue weighted by Crippen LogP contribution is -2.45. The van der Waals surface area contributed by atoms with Crippen molar-refractivity contribution >= 4 is 29.6 Å².